The monoisotopic (exact) mass is 342 g/mol. The van der Waals surface area contributed by atoms with Crippen LogP contribution in [0.1, 0.15) is 13.3 Å². The Morgan fingerprint density at radius 2 is 1.75 bits per heavy atom. The van der Waals surface area contributed by atoms with Crippen LogP contribution in [0.25, 0.3) is 0 Å². The number of hydrogen-bond donors (Lipinski definition) is 0. The summed E-state index contributed by atoms with van der Waals surface area (Å²) in [5.41, 5.74) is 0. The summed E-state index contributed by atoms with van der Waals surface area (Å²) < 4.78 is 4.02. The van der Waals surface area contributed by atoms with Crippen LogP contribution in [-0.2, 0) is 4.74 Å². The van der Waals surface area contributed by atoms with E-state index in [1.165, 1.54) is 0 Å². The average molecular weight is 345 g/mol. The van der Waals surface area contributed by atoms with Gasteiger partial charge >= 0.3 is 0 Å². The minimum Gasteiger partial charge on any atom is -0.376 e. The molecule has 92 valence electrons. The average Bonchev–Trinajstić information content (AvgIpc) is 2.41. The lowest BCUT2D eigenvalue weighted by atomic mass is 10.0. The fraction of sp³-hybridized carbons (Fsp3) is 0.778. The molecule has 0 aromatic heterocycles. The van der Waals surface area contributed by atoms with Gasteiger partial charge in [-0.25, -0.2) is 0 Å². The SMILES string of the molecule is CCO[C@H]1C[C@@]2(Cl)C(Cl)=C(Cl)[C@]1(Cl)C2(Cl)Cl. The van der Waals surface area contributed by atoms with Gasteiger partial charge in [-0.1, -0.05) is 46.4 Å². The third kappa shape index (κ3) is 1.32. The molecule has 1 fully saturated rings. The van der Waals surface area contributed by atoms with Crippen LogP contribution in [0.5, 0.6) is 0 Å². The highest BCUT2D eigenvalue weighted by Gasteiger charge is 2.79. The van der Waals surface area contributed by atoms with Gasteiger partial charge in [-0.05, 0) is 6.92 Å². The van der Waals surface area contributed by atoms with Gasteiger partial charge in [0, 0.05) is 13.0 Å². The Morgan fingerprint density at radius 1 is 1.19 bits per heavy atom. The van der Waals surface area contributed by atoms with E-state index in [1.54, 1.807) is 0 Å². The smallest absolute Gasteiger partial charge is 0.168 e. The lowest BCUT2D eigenvalue weighted by Crippen LogP contribution is -2.46. The highest BCUT2D eigenvalue weighted by Crippen LogP contribution is 2.72. The summed E-state index contributed by atoms with van der Waals surface area (Å²) in [4.78, 5) is -2.44. The Labute approximate surface area is 124 Å². The van der Waals surface area contributed by atoms with Gasteiger partial charge in [-0.2, -0.15) is 0 Å². The van der Waals surface area contributed by atoms with Gasteiger partial charge in [-0.15, -0.1) is 23.2 Å². The van der Waals surface area contributed by atoms with Gasteiger partial charge in [0.1, 0.15) is 9.75 Å². The van der Waals surface area contributed by atoms with E-state index in [0.717, 1.165) is 0 Å². The highest BCUT2D eigenvalue weighted by molar-refractivity contribution is 6.65. The van der Waals surface area contributed by atoms with Gasteiger partial charge in [0.05, 0.1) is 16.2 Å². The van der Waals surface area contributed by atoms with Gasteiger partial charge in [0.2, 0.25) is 0 Å². The molecule has 7 heteroatoms. The van der Waals surface area contributed by atoms with Crippen LogP contribution >= 0.6 is 69.6 Å². The Balaban J connectivity index is 2.55. The summed E-state index contributed by atoms with van der Waals surface area (Å²) >= 11 is 37.4. The quantitative estimate of drug-likeness (QED) is 0.664. The summed E-state index contributed by atoms with van der Waals surface area (Å²) in [6.07, 6.45) is -0.102. The molecular weight excluding hydrogens is 337 g/mol. The maximum absolute atomic E-state index is 6.42. The first-order chi connectivity index (χ1) is 7.23. The fourth-order valence-electron chi connectivity index (χ4n) is 2.23. The normalized spacial score (nSPS) is 45.6. The van der Waals surface area contributed by atoms with Crippen molar-refractivity contribution < 1.29 is 4.74 Å². The molecule has 2 rings (SSSR count). The zero-order valence-corrected chi connectivity index (χ0v) is 12.7. The van der Waals surface area contributed by atoms with E-state index >= 15 is 0 Å². The van der Waals surface area contributed by atoms with Gasteiger partial charge in [-0.3, -0.25) is 0 Å². The zero-order chi connectivity index (χ0) is 12.4. The number of fused-ring (bicyclic) bond motifs is 2. The van der Waals surface area contributed by atoms with E-state index in [1.807, 2.05) is 6.92 Å². The molecule has 0 aliphatic heterocycles. The van der Waals surface area contributed by atoms with Crippen molar-refractivity contribution in [1.82, 2.24) is 0 Å². The summed E-state index contributed by atoms with van der Waals surface area (Å²) in [6, 6.07) is 0. The molecule has 0 amide bonds. The Kier molecular flexibility index (Phi) is 3.44. The predicted molar refractivity (Wildman–Crippen MR) is 70.4 cm³/mol. The molecule has 0 aromatic carbocycles. The molecular formula is C9H8Cl6O. The highest BCUT2D eigenvalue weighted by atomic mass is 35.5. The number of halogens is 6. The van der Waals surface area contributed by atoms with Crippen LogP contribution in [0.4, 0.5) is 0 Å². The van der Waals surface area contributed by atoms with E-state index in [9.17, 15) is 0 Å². The van der Waals surface area contributed by atoms with Crippen molar-refractivity contribution in [3.63, 3.8) is 0 Å². The lowest BCUT2D eigenvalue weighted by Gasteiger charge is -2.33. The molecule has 0 unspecified atom stereocenters. The molecule has 2 bridgehead atoms. The van der Waals surface area contributed by atoms with Crippen LogP contribution in [0.15, 0.2) is 10.1 Å². The molecule has 16 heavy (non-hydrogen) atoms. The standard InChI is InChI=1S/C9H8Cl6O/c1-2-16-4-3-7(12)5(10)6(11)8(4,13)9(7,14)15/h4H,2-3H2,1H3/t4-,7+,8-/m0/s1. The second-order valence-corrected chi connectivity index (χ2v) is 7.19. The minimum absolute atomic E-state index is 0.181. The van der Waals surface area contributed by atoms with E-state index in [2.05, 4.69) is 0 Å². The summed E-state index contributed by atoms with van der Waals surface area (Å²) in [7, 11) is 0. The van der Waals surface area contributed by atoms with E-state index < -0.39 is 20.2 Å². The third-order valence-electron chi connectivity index (χ3n) is 3.09. The minimum atomic E-state index is -1.48. The second-order valence-electron chi connectivity index (χ2n) is 3.86. The maximum Gasteiger partial charge on any atom is 0.168 e. The van der Waals surface area contributed by atoms with Crippen LogP contribution in [0, 0.1) is 0 Å². The van der Waals surface area contributed by atoms with Crippen LogP contribution in [-0.4, -0.2) is 26.8 Å². The van der Waals surface area contributed by atoms with Crippen LogP contribution in [0.2, 0.25) is 0 Å². The summed E-state index contributed by atoms with van der Waals surface area (Å²) in [6.45, 7) is 2.31. The molecule has 1 saturated carbocycles. The molecule has 2 aliphatic rings. The first-order valence-corrected chi connectivity index (χ1v) is 6.93. The summed E-state index contributed by atoms with van der Waals surface area (Å²) in [5.74, 6) is 0. The first-order valence-electron chi connectivity index (χ1n) is 4.67. The zero-order valence-electron chi connectivity index (χ0n) is 8.17. The maximum atomic E-state index is 6.42. The molecule has 0 heterocycles. The number of ether oxygens (including phenoxy) is 1. The Bertz CT molecular complexity index is 367. The second kappa shape index (κ2) is 3.96. The van der Waals surface area contributed by atoms with Crippen molar-refractivity contribution in [1.29, 1.82) is 0 Å². The molecule has 1 nitrogen and oxygen atoms in total. The van der Waals surface area contributed by atoms with Crippen LogP contribution < -0.4 is 0 Å². The van der Waals surface area contributed by atoms with Crippen molar-refractivity contribution in [2.24, 2.45) is 0 Å². The molecule has 0 N–H and O–H groups in total. The topological polar surface area (TPSA) is 9.23 Å². The molecule has 0 spiro atoms. The lowest BCUT2D eigenvalue weighted by molar-refractivity contribution is 0.0519. The van der Waals surface area contributed by atoms with Crippen molar-refractivity contribution >= 4 is 69.6 Å². The van der Waals surface area contributed by atoms with Crippen LogP contribution in [0.3, 0.4) is 0 Å². The fourth-order valence-corrected chi connectivity index (χ4v) is 4.92. The first kappa shape index (κ1) is 13.9. The van der Waals surface area contributed by atoms with E-state index in [0.29, 0.717) is 13.0 Å². The summed E-state index contributed by atoms with van der Waals surface area (Å²) in [5, 5.41) is 0.396. The number of alkyl halides is 4. The molecule has 2 aliphatic carbocycles. The largest absolute Gasteiger partial charge is 0.376 e. The van der Waals surface area contributed by atoms with Crippen molar-refractivity contribution in [2.75, 3.05) is 6.61 Å². The third-order valence-corrected chi connectivity index (χ3v) is 7.35. The van der Waals surface area contributed by atoms with Gasteiger partial charge in [0.25, 0.3) is 0 Å². The van der Waals surface area contributed by atoms with Crippen molar-refractivity contribution in [3.05, 3.63) is 10.1 Å². The Morgan fingerprint density at radius 3 is 2.12 bits per heavy atom. The Hall–Kier alpha value is 1.44. The molecule has 0 saturated heterocycles. The van der Waals surface area contributed by atoms with Gasteiger partial charge < -0.3 is 4.74 Å². The predicted octanol–water partition coefficient (Wildman–Crippen LogP) is 4.63. The molecule has 0 radical (unpaired) electrons. The number of rotatable bonds is 2. The molecule has 0 aromatic rings. The van der Waals surface area contributed by atoms with E-state index in [4.69, 9.17) is 74.3 Å². The van der Waals surface area contributed by atoms with E-state index in [-0.39, 0.29) is 10.1 Å². The van der Waals surface area contributed by atoms with Crippen molar-refractivity contribution in [2.45, 2.75) is 33.5 Å². The van der Waals surface area contributed by atoms with Gasteiger partial charge in [0.15, 0.2) is 4.33 Å². The number of allylic oxidation sites excluding steroid dienone is 1. The number of hydrogen-bond acceptors (Lipinski definition) is 1. The van der Waals surface area contributed by atoms with Crippen molar-refractivity contribution in [3.8, 4) is 0 Å². The molecule has 3 atom stereocenters.